The number of carbonyl (C=O) groups excluding carboxylic acids is 1. The van der Waals surface area contributed by atoms with E-state index in [4.69, 9.17) is 10.8 Å². The van der Waals surface area contributed by atoms with Crippen molar-refractivity contribution in [2.45, 2.75) is 27.2 Å². The lowest BCUT2D eigenvalue weighted by Gasteiger charge is -2.18. The number of hydrogen-bond acceptors (Lipinski definition) is 2. The molecule has 0 aromatic carbocycles. The van der Waals surface area contributed by atoms with Crippen LogP contribution in [0.4, 0.5) is 0 Å². The molecule has 0 unspecified atom stereocenters. The second-order valence-corrected chi connectivity index (χ2v) is 3.76. The maximum atomic E-state index is 12.1. The van der Waals surface area contributed by atoms with Crippen molar-refractivity contribution >= 4 is 5.91 Å². The van der Waals surface area contributed by atoms with Gasteiger partial charge in [0.05, 0.1) is 12.1 Å². The minimum atomic E-state index is -0.0471. The summed E-state index contributed by atoms with van der Waals surface area (Å²) in [6, 6.07) is 1.76. The lowest BCUT2D eigenvalue weighted by atomic mass is 10.2. The standard InChI is InChI=1S/C13H17NO2/c1-5-7-14(8-6-2)13(15)12-9-10(3)16-11(12)4/h1,9H,6-8H2,2-4H3. The molecule has 0 radical (unpaired) electrons. The minimum absolute atomic E-state index is 0.0471. The molecule has 0 aliphatic rings. The lowest BCUT2D eigenvalue weighted by Crippen LogP contribution is -2.32. The summed E-state index contributed by atoms with van der Waals surface area (Å²) >= 11 is 0. The van der Waals surface area contributed by atoms with Crippen LogP contribution in [0.25, 0.3) is 0 Å². The first kappa shape index (κ1) is 12.4. The van der Waals surface area contributed by atoms with E-state index in [-0.39, 0.29) is 5.91 Å². The summed E-state index contributed by atoms with van der Waals surface area (Å²) < 4.78 is 5.34. The van der Waals surface area contributed by atoms with Crippen LogP contribution >= 0.6 is 0 Å². The molecular formula is C13H17NO2. The van der Waals surface area contributed by atoms with Crippen molar-refractivity contribution in [2.24, 2.45) is 0 Å². The first-order valence-electron chi connectivity index (χ1n) is 5.40. The van der Waals surface area contributed by atoms with Gasteiger partial charge < -0.3 is 9.32 Å². The van der Waals surface area contributed by atoms with Crippen molar-refractivity contribution < 1.29 is 9.21 Å². The number of hydrogen-bond donors (Lipinski definition) is 0. The maximum Gasteiger partial charge on any atom is 0.258 e. The molecule has 0 spiro atoms. The fourth-order valence-corrected chi connectivity index (χ4v) is 1.65. The van der Waals surface area contributed by atoms with Gasteiger partial charge in [0.1, 0.15) is 11.5 Å². The summed E-state index contributed by atoms with van der Waals surface area (Å²) in [7, 11) is 0. The minimum Gasteiger partial charge on any atom is -0.466 e. The Hall–Kier alpha value is -1.69. The van der Waals surface area contributed by atoms with E-state index >= 15 is 0 Å². The van der Waals surface area contributed by atoms with Crippen LogP contribution in [0, 0.1) is 26.2 Å². The van der Waals surface area contributed by atoms with Gasteiger partial charge in [0.2, 0.25) is 0 Å². The van der Waals surface area contributed by atoms with Crippen LogP contribution in [0.1, 0.15) is 35.2 Å². The van der Waals surface area contributed by atoms with E-state index in [1.807, 2.05) is 13.8 Å². The Morgan fingerprint density at radius 3 is 2.69 bits per heavy atom. The van der Waals surface area contributed by atoms with Gasteiger partial charge in [-0.3, -0.25) is 4.79 Å². The monoisotopic (exact) mass is 219 g/mol. The fraction of sp³-hybridized carbons (Fsp3) is 0.462. The molecule has 0 saturated carbocycles. The van der Waals surface area contributed by atoms with Crippen molar-refractivity contribution in [2.75, 3.05) is 13.1 Å². The van der Waals surface area contributed by atoms with Crippen molar-refractivity contribution in [3.63, 3.8) is 0 Å². The largest absolute Gasteiger partial charge is 0.466 e. The third kappa shape index (κ3) is 2.66. The Morgan fingerprint density at radius 2 is 2.25 bits per heavy atom. The molecule has 1 heterocycles. The zero-order valence-corrected chi connectivity index (χ0v) is 10.0. The van der Waals surface area contributed by atoms with Gasteiger partial charge in [-0.25, -0.2) is 0 Å². The number of amides is 1. The Kier molecular flexibility index (Phi) is 4.19. The maximum absolute atomic E-state index is 12.1. The van der Waals surface area contributed by atoms with Crippen LogP contribution < -0.4 is 0 Å². The Morgan fingerprint density at radius 1 is 1.56 bits per heavy atom. The number of carbonyl (C=O) groups is 1. The summed E-state index contributed by atoms with van der Waals surface area (Å²) in [5.74, 6) is 3.86. The third-order valence-electron chi connectivity index (χ3n) is 2.33. The smallest absolute Gasteiger partial charge is 0.258 e. The van der Waals surface area contributed by atoms with E-state index < -0.39 is 0 Å². The van der Waals surface area contributed by atoms with Gasteiger partial charge >= 0.3 is 0 Å². The number of terminal acetylenes is 1. The fourth-order valence-electron chi connectivity index (χ4n) is 1.65. The zero-order valence-electron chi connectivity index (χ0n) is 10.0. The molecular weight excluding hydrogens is 202 g/mol. The molecule has 16 heavy (non-hydrogen) atoms. The number of aryl methyl sites for hydroxylation is 2. The highest BCUT2D eigenvalue weighted by atomic mass is 16.3. The first-order valence-corrected chi connectivity index (χ1v) is 5.40. The van der Waals surface area contributed by atoms with E-state index in [9.17, 15) is 4.79 Å². The quantitative estimate of drug-likeness (QED) is 0.728. The molecule has 3 nitrogen and oxygen atoms in total. The van der Waals surface area contributed by atoms with E-state index in [1.165, 1.54) is 0 Å². The molecule has 86 valence electrons. The molecule has 0 aliphatic heterocycles. The highest BCUT2D eigenvalue weighted by Gasteiger charge is 2.18. The van der Waals surface area contributed by atoms with Crippen LogP contribution in [-0.4, -0.2) is 23.9 Å². The molecule has 0 atom stereocenters. The highest BCUT2D eigenvalue weighted by molar-refractivity contribution is 5.95. The summed E-state index contributed by atoms with van der Waals surface area (Å²) in [5.41, 5.74) is 0.612. The SMILES string of the molecule is C#CCN(CCC)C(=O)c1cc(C)oc1C. The second kappa shape index (κ2) is 5.41. The number of rotatable bonds is 4. The van der Waals surface area contributed by atoms with E-state index in [0.29, 0.717) is 24.4 Å². The highest BCUT2D eigenvalue weighted by Crippen LogP contribution is 2.16. The first-order chi connectivity index (χ1) is 7.60. The Balaban J connectivity index is 2.90. The van der Waals surface area contributed by atoms with E-state index in [1.54, 1.807) is 17.9 Å². The van der Waals surface area contributed by atoms with Crippen LogP contribution in [0.2, 0.25) is 0 Å². The van der Waals surface area contributed by atoms with Crippen molar-refractivity contribution in [1.29, 1.82) is 0 Å². The Bertz CT molecular complexity index is 412. The molecule has 0 saturated heterocycles. The third-order valence-corrected chi connectivity index (χ3v) is 2.33. The van der Waals surface area contributed by atoms with Crippen LogP contribution in [0.5, 0.6) is 0 Å². The van der Waals surface area contributed by atoms with E-state index in [2.05, 4.69) is 5.92 Å². The summed E-state index contributed by atoms with van der Waals surface area (Å²) in [5, 5.41) is 0. The molecule has 1 aromatic rings. The van der Waals surface area contributed by atoms with Gasteiger partial charge in [-0.15, -0.1) is 6.42 Å². The molecule has 0 fully saturated rings. The van der Waals surface area contributed by atoms with Crippen LogP contribution in [0.3, 0.4) is 0 Å². The summed E-state index contributed by atoms with van der Waals surface area (Å²) in [4.78, 5) is 13.8. The summed E-state index contributed by atoms with van der Waals surface area (Å²) in [6.45, 7) is 6.66. The molecule has 1 rings (SSSR count). The van der Waals surface area contributed by atoms with Crippen molar-refractivity contribution in [3.8, 4) is 12.3 Å². The number of furan rings is 1. The molecule has 0 N–H and O–H groups in total. The van der Waals surface area contributed by atoms with Gasteiger partial charge in [0.25, 0.3) is 5.91 Å². The van der Waals surface area contributed by atoms with Gasteiger partial charge in [-0.2, -0.15) is 0 Å². The molecule has 1 amide bonds. The summed E-state index contributed by atoms with van der Waals surface area (Å²) in [6.07, 6.45) is 6.14. The van der Waals surface area contributed by atoms with Crippen molar-refractivity contribution in [1.82, 2.24) is 4.90 Å². The molecule has 3 heteroatoms. The topological polar surface area (TPSA) is 33.5 Å². The molecule has 1 aromatic heterocycles. The van der Waals surface area contributed by atoms with Gasteiger partial charge in [0.15, 0.2) is 0 Å². The van der Waals surface area contributed by atoms with Gasteiger partial charge in [0, 0.05) is 6.54 Å². The second-order valence-electron chi connectivity index (χ2n) is 3.76. The molecule has 0 aliphatic carbocycles. The van der Waals surface area contributed by atoms with Gasteiger partial charge in [-0.05, 0) is 26.3 Å². The average molecular weight is 219 g/mol. The van der Waals surface area contributed by atoms with Crippen LogP contribution in [-0.2, 0) is 0 Å². The van der Waals surface area contributed by atoms with E-state index in [0.717, 1.165) is 12.2 Å². The lowest BCUT2D eigenvalue weighted by molar-refractivity contribution is 0.0775. The zero-order chi connectivity index (χ0) is 12.1. The average Bonchev–Trinajstić information content (AvgIpc) is 2.56. The molecule has 0 bridgehead atoms. The number of nitrogens with zero attached hydrogens (tertiary/aromatic N) is 1. The predicted molar refractivity (Wildman–Crippen MR) is 63.2 cm³/mol. The predicted octanol–water partition coefficient (Wildman–Crippen LogP) is 2.38. The Labute approximate surface area is 96.4 Å². The van der Waals surface area contributed by atoms with Crippen molar-refractivity contribution in [3.05, 3.63) is 23.2 Å². The van der Waals surface area contributed by atoms with Crippen LogP contribution in [0.15, 0.2) is 10.5 Å². The van der Waals surface area contributed by atoms with Gasteiger partial charge in [-0.1, -0.05) is 12.8 Å². The normalized spacial score (nSPS) is 9.88.